The van der Waals surface area contributed by atoms with Gasteiger partial charge in [-0.25, -0.2) is 0 Å². The Morgan fingerprint density at radius 3 is 2.41 bits per heavy atom. The first-order valence-corrected chi connectivity index (χ1v) is 9.59. The highest BCUT2D eigenvalue weighted by molar-refractivity contribution is 6.03. The predicted molar refractivity (Wildman–Crippen MR) is 110 cm³/mol. The topological polar surface area (TPSA) is 49.4 Å². The highest BCUT2D eigenvalue weighted by Crippen LogP contribution is 2.31. The molecule has 1 N–H and O–H groups in total. The molecule has 3 rings (SSSR count). The maximum Gasteiger partial charge on any atom is 0.229 e. The van der Waals surface area contributed by atoms with Gasteiger partial charge < -0.3 is 10.2 Å². The lowest BCUT2D eigenvalue weighted by atomic mass is 9.85. The Morgan fingerprint density at radius 2 is 1.78 bits per heavy atom. The van der Waals surface area contributed by atoms with Crippen LogP contribution in [0.1, 0.15) is 45.2 Å². The van der Waals surface area contributed by atoms with E-state index in [1.807, 2.05) is 48.5 Å². The van der Waals surface area contributed by atoms with Gasteiger partial charge >= 0.3 is 0 Å². The Bertz CT molecular complexity index is 834. The summed E-state index contributed by atoms with van der Waals surface area (Å²) in [5.74, 6) is -0.424. The molecule has 0 saturated carbocycles. The molecule has 1 aliphatic heterocycles. The fraction of sp³-hybridized carbons (Fsp3) is 0.391. The number of para-hydroxylation sites is 1. The van der Waals surface area contributed by atoms with Gasteiger partial charge in [-0.1, -0.05) is 58.0 Å². The average Bonchev–Trinajstić information content (AvgIpc) is 3.03. The van der Waals surface area contributed by atoms with Crippen molar-refractivity contribution in [3.63, 3.8) is 0 Å². The third kappa shape index (κ3) is 4.21. The number of hydrogen-bond donors (Lipinski definition) is 1. The third-order valence-electron chi connectivity index (χ3n) is 5.15. The van der Waals surface area contributed by atoms with Gasteiger partial charge in [-0.2, -0.15) is 0 Å². The molecule has 0 aromatic heterocycles. The molecule has 0 aliphatic carbocycles. The van der Waals surface area contributed by atoms with E-state index in [2.05, 4.69) is 33.0 Å². The van der Waals surface area contributed by atoms with Crippen LogP contribution in [0.15, 0.2) is 48.5 Å². The normalized spacial score (nSPS) is 17.3. The molecule has 1 unspecified atom stereocenters. The standard InChI is InChI=1S/C23H28N2O2/c1-5-16-10-12-18(13-11-16)25-15-17(14-21(25)26)22(27)24-20-9-7-6-8-19(20)23(2,3)4/h6-13,17H,5,14-15H2,1-4H3,(H,24,27). The van der Waals surface area contributed by atoms with Crippen molar-refractivity contribution in [2.45, 2.75) is 46.0 Å². The molecule has 2 aromatic carbocycles. The van der Waals surface area contributed by atoms with Crippen molar-refractivity contribution in [2.75, 3.05) is 16.8 Å². The van der Waals surface area contributed by atoms with E-state index in [1.54, 1.807) is 4.90 Å². The molecule has 1 heterocycles. The van der Waals surface area contributed by atoms with Crippen molar-refractivity contribution in [1.82, 2.24) is 0 Å². The fourth-order valence-electron chi connectivity index (χ4n) is 3.53. The molecule has 142 valence electrons. The number of amides is 2. The van der Waals surface area contributed by atoms with Crippen LogP contribution >= 0.6 is 0 Å². The summed E-state index contributed by atoms with van der Waals surface area (Å²) in [6.45, 7) is 8.90. The van der Waals surface area contributed by atoms with Crippen LogP contribution < -0.4 is 10.2 Å². The Kier molecular flexibility index (Phi) is 5.36. The minimum atomic E-state index is -0.337. The molecular weight excluding hydrogens is 336 g/mol. The van der Waals surface area contributed by atoms with Gasteiger partial charge in [0.05, 0.1) is 5.92 Å². The maximum atomic E-state index is 12.8. The van der Waals surface area contributed by atoms with Crippen molar-refractivity contribution in [1.29, 1.82) is 0 Å². The number of benzene rings is 2. The van der Waals surface area contributed by atoms with Gasteiger partial charge in [0.1, 0.15) is 0 Å². The van der Waals surface area contributed by atoms with E-state index in [1.165, 1.54) is 5.56 Å². The van der Waals surface area contributed by atoms with Crippen LogP contribution in [0.2, 0.25) is 0 Å². The zero-order valence-electron chi connectivity index (χ0n) is 16.6. The number of aryl methyl sites for hydroxylation is 1. The minimum absolute atomic E-state index is 0.00325. The first kappa shape index (κ1) is 19.2. The summed E-state index contributed by atoms with van der Waals surface area (Å²) in [6, 6.07) is 15.9. The number of carbonyl (C=O) groups is 2. The van der Waals surface area contributed by atoms with Gasteiger partial charge in [-0.3, -0.25) is 9.59 Å². The molecule has 2 amide bonds. The largest absolute Gasteiger partial charge is 0.326 e. The molecule has 1 saturated heterocycles. The second-order valence-electron chi connectivity index (χ2n) is 8.21. The smallest absolute Gasteiger partial charge is 0.229 e. The molecule has 0 bridgehead atoms. The van der Waals surface area contributed by atoms with Gasteiger partial charge in [-0.05, 0) is 41.2 Å². The Hall–Kier alpha value is -2.62. The summed E-state index contributed by atoms with van der Waals surface area (Å²) in [6.07, 6.45) is 1.21. The van der Waals surface area contributed by atoms with Crippen LogP contribution in [0.5, 0.6) is 0 Å². The van der Waals surface area contributed by atoms with E-state index >= 15 is 0 Å². The van der Waals surface area contributed by atoms with E-state index < -0.39 is 0 Å². The highest BCUT2D eigenvalue weighted by Gasteiger charge is 2.35. The molecule has 0 spiro atoms. The second-order valence-corrected chi connectivity index (χ2v) is 8.21. The Morgan fingerprint density at radius 1 is 1.11 bits per heavy atom. The van der Waals surface area contributed by atoms with Crippen LogP contribution in [0, 0.1) is 5.92 Å². The molecule has 4 nitrogen and oxygen atoms in total. The fourth-order valence-corrected chi connectivity index (χ4v) is 3.53. The first-order valence-electron chi connectivity index (χ1n) is 9.59. The van der Waals surface area contributed by atoms with E-state index in [0.29, 0.717) is 6.54 Å². The summed E-state index contributed by atoms with van der Waals surface area (Å²) in [4.78, 5) is 27.0. The van der Waals surface area contributed by atoms with Gasteiger partial charge in [0.25, 0.3) is 0 Å². The van der Waals surface area contributed by atoms with Crippen LogP contribution in [-0.2, 0) is 21.4 Å². The van der Waals surface area contributed by atoms with E-state index in [4.69, 9.17) is 0 Å². The van der Waals surface area contributed by atoms with E-state index in [0.717, 1.165) is 23.4 Å². The summed E-state index contributed by atoms with van der Waals surface area (Å²) in [5, 5.41) is 3.05. The lowest BCUT2D eigenvalue weighted by Gasteiger charge is -2.23. The SMILES string of the molecule is CCc1ccc(N2CC(C(=O)Nc3ccccc3C(C)(C)C)CC2=O)cc1. The van der Waals surface area contributed by atoms with Crippen molar-refractivity contribution in [3.8, 4) is 0 Å². The summed E-state index contributed by atoms with van der Waals surface area (Å²) in [5.41, 5.74) is 3.95. The predicted octanol–water partition coefficient (Wildman–Crippen LogP) is 4.54. The quantitative estimate of drug-likeness (QED) is 0.866. The highest BCUT2D eigenvalue weighted by atomic mass is 16.2. The van der Waals surface area contributed by atoms with Gasteiger partial charge in [-0.15, -0.1) is 0 Å². The van der Waals surface area contributed by atoms with Crippen LogP contribution in [-0.4, -0.2) is 18.4 Å². The number of rotatable bonds is 4. The average molecular weight is 364 g/mol. The summed E-state index contributed by atoms with van der Waals surface area (Å²) < 4.78 is 0. The van der Waals surface area contributed by atoms with Crippen LogP contribution in [0.25, 0.3) is 0 Å². The van der Waals surface area contributed by atoms with Crippen LogP contribution in [0.4, 0.5) is 11.4 Å². The molecule has 4 heteroatoms. The Labute approximate surface area is 161 Å². The van der Waals surface area contributed by atoms with Gasteiger partial charge in [0.15, 0.2) is 0 Å². The first-order chi connectivity index (χ1) is 12.8. The van der Waals surface area contributed by atoms with Gasteiger partial charge in [0.2, 0.25) is 11.8 Å². The molecule has 0 radical (unpaired) electrons. The number of carbonyl (C=O) groups excluding carboxylic acids is 2. The molecule has 27 heavy (non-hydrogen) atoms. The zero-order valence-corrected chi connectivity index (χ0v) is 16.6. The zero-order chi connectivity index (χ0) is 19.6. The number of hydrogen-bond acceptors (Lipinski definition) is 2. The minimum Gasteiger partial charge on any atom is -0.326 e. The lowest BCUT2D eigenvalue weighted by molar-refractivity contribution is -0.122. The number of nitrogens with zero attached hydrogens (tertiary/aromatic N) is 1. The second kappa shape index (κ2) is 7.55. The number of nitrogens with one attached hydrogen (secondary N) is 1. The van der Waals surface area contributed by atoms with Crippen molar-refractivity contribution in [2.24, 2.45) is 5.92 Å². The summed E-state index contributed by atoms with van der Waals surface area (Å²) >= 11 is 0. The molecule has 1 atom stereocenters. The summed E-state index contributed by atoms with van der Waals surface area (Å²) in [7, 11) is 0. The maximum absolute atomic E-state index is 12.8. The van der Waals surface area contributed by atoms with Crippen molar-refractivity contribution < 1.29 is 9.59 Å². The van der Waals surface area contributed by atoms with Gasteiger partial charge in [0, 0.05) is 24.3 Å². The Balaban J connectivity index is 1.73. The van der Waals surface area contributed by atoms with E-state index in [-0.39, 0.29) is 29.6 Å². The van der Waals surface area contributed by atoms with Crippen LogP contribution in [0.3, 0.4) is 0 Å². The third-order valence-corrected chi connectivity index (χ3v) is 5.15. The van der Waals surface area contributed by atoms with E-state index in [9.17, 15) is 9.59 Å². The van der Waals surface area contributed by atoms with Crippen molar-refractivity contribution >= 4 is 23.2 Å². The monoisotopic (exact) mass is 364 g/mol. The molecule has 1 fully saturated rings. The number of anilines is 2. The molecular formula is C23H28N2O2. The molecule has 1 aliphatic rings. The lowest BCUT2D eigenvalue weighted by Crippen LogP contribution is -2.28. The molecule has 2 aromatic rings. The van der Waals surface area contributed by atoms with Crippen molar-refractivity contribution in [3.05, 3.63) is 59.7 Å².